The van der Waals surface area contributed by atoms with Gasteiger partial charge < -0.3 is 20.3 Å². The van der Waals surface area contributed by atoms with Gasteiger partial charge in [-0.05, 0) is 18.2 Å². The highest BCUT2D eigenvalue weighted by molar-refractivity contribution is 5.96. The molecule has 3 N–H and O–H groups in total. The number of carbonyl (C=O) groups excluding carboxylic acids is 1. The molecule has 2 aromatic rings. The minimum Gasteiger partial charge on any atom is -0.465 e. The molecule has 0 saturated heterocycles. The summed E-state index contributed by atoms with van der Waals surface area (Å²) in [7, 11) is 1.32. The number of carbonyl (C=O) groups is 1. The monoisotopic (exact) mass is 276 g/mol. The van der Waals surface area contributed by atoms with Crippen molar-refractivity contribution >= 4 is 17.3 Å². The Balaban J connectivity index is 1.97. The van der Waals surface area contributed by atoms with Crippen LogP contribution in [0.2, 0.25) is 0 Å². The molecule has 0 atom stereocenters. The topological polar surface area (TPSA) is 103 Å². The van der Waals surface area contributed by atoms with E-state index in [-0.39, 0.29) is 0 Å². The summed E-state index contributed by atoms with van der Waals surface area (Å²) in [6, 6.07) is 5.11. The minimum atomic E-state index is -0.458. The van der Waals surface area contributed by atoms with E-state index in [9.17, 15) is 4.79 Å². The number of nitrogens with two attached hydrogens (primary N) is 1. The Bertz CT molecular complexity index is 609. The fourth-order valence-corrected chi connectivity index (χ4v) is 1.71. The second-order valence-corrected chi connectivity index (χ2v) is 4.20. The maximum Gasteiger partial charge on any atom is 0.340 e. The Hall–Kier alpha value is -2.57. The zero-order chi connectivity index (χ0) is 14.5. The summed E-state index contributed by atoms with van der Waals surface area (Å²) in [6.07, 6.45) is 0.620. The van der Waals surface area contributed by atoms with Gasteiger partial charge in [0.2, 0.25) is 5.89 Å². The molecule has 0 radical (unpaired) electrons. The molecule has 0 unspecified atom stereocenters. The van der Waals surface area contributed by atoms with E-state index < -0.39 is 5.97 Å². The molecule has 0 amide bonds. The van der Waals surface area contributed by atoms with Crippen LogP contribution in [0.15, 0.2) is 22.7 Å². The van der Waals surface area contributed by atoms with Gasteiger partial charge in [-0.3, -0.25) is 0 Å². The van der Waals surface area contributed by atoms with Crippen LogP contribution in [0.1, 0.15) is 22.1 Å². The zero-order valence-electron chi connectivity index (χ0n) is 11.3. The highest BCUT2D eigenvalue weighted by Crippen LogP contribution is 2.18. The number of hydrogen-bond donors (Lipinski definition) is 2. The fraction of sp³-hybridized carbons (Fsp3) is 0.308. The number of methoxy groups -OCH3 is 1. The van der Waals surface area contributed by atoms with Crippen molar-refractivity contribution < 1.29 is 14.1 Å². The molecule has 20 heavy (non-hydrogen) atoms. The van der Waals surface area contributed by atoms with Crippen molar-refractivity contribution in [3.05, 3.63) is 35.5 Å². The maximum atomic E-state index is 11.5. The van der Waals surface area contributed by atoms with E-state index in [4.69, 9.17) is 10.3 Å². The van der Waals surface area contributed by atoms with Gasteiger partial charge >= 0.3 is 5.97 Å². The summed E-state index contributed by atoms with van der Waals surface area (Å²) >= 11 is 0. The maximum absolute atomic E-state index is 11.5. The molecule has 1 aromatic heterocycles. The van der Waals surface area contributed by atoms with Gasteiger partial charge in [-0.15, -0.1) is 0 Å². The number of hydrogen-bond acceptors (Lipinski definition) is 7. The largest absolute Gasteiger partial charge is 0.465 e. The lowest BCUT2D eigenvalue weighted by Crippen LogP contribution is -2.09. The van der Waals surface area contributed by atoms with Crippen molar-refractivity contribution in [3.8, 4) is 0 Å². The van der Waals surface area contributed by atoms with Crippen molar-refractivity contribution in [2.75, 3.05) is 24.7 Å². The summed E-state index contributed by atoms with van der Waals surface area (Å²) in [5.41, 5.74) is 7.23. The molecule has 0 aliphatic rings. The molecule has 106 valence electrons. The van der Waals surface area contributed by atoms with E-state index in [0.29, 0.717) is 35.9 Å². The summed E-state index contributed by atoms with van der Waals surface area (Å²) < 4.78 is 9.55. The quantitative estimate of drug-likeness (QED) is 0.628. The third kappa shape index (κ3) is 3.25. The molecule has 1 aromatic carbocycles. The molecule has 7 nitrogen and oxygen atoms in total. The summed E-state index contributed by atoms with van der Waals surface area (Å²) in [4.78, 5) is 15.6. The number of rotatable bonds is 5. The number of nitrogen functional groups attached to an aromatic ring is 1. The van der Waals surface area contributed by atoms with Crippen LogP contribution in [-0.4, -0.2) is 29.8 Å². The van der Waals surface area contributed by atoms with Gasteiger partial charge in [0.1, 0.15) is 0 Å². The molecule has 0 fully saturated rings. The number of ether oxygens (including phenoxy) is 1. The van der Waals surface area contributed by atoms with Gasteiger partial charge in [0.25, 0.3) is 0 Å². The molecule has 2 rings (SSSR count). The predicted octanol–water partition coefficient (Wildman–Crippen LogP) is 1.40. The van der Waals surface area contributed by atoms with E-state index in [1.54, 1.807) is 25.1 Å². The van der Waals surface area contributed by atoms with Crippen LogP contribution >= 0.6 is 0 Å². The number of benzene rings is 1. The van der Waals surface area contributed by atoms with E-state index in [0.717, 1.165) is 5.69 Å². The van der Waals surface area contributed by atoms with Crippen LogP contribution in [0.3, 0.4) is 0 Å². The molecule has 0 spiro atoms. The number of aromatic nitrogens is 2. The van der Waals surface area contributed by atoms with Gasteiger partial charge in [0, 0.05) is 31.3 Å². The lowest BCUT2D eigenvalue weighted by molar-refractivity contribution is 0.0602. The molecule has 0 saturated carbocycles. The van der Waals surface area contributed by atoms with Crippen LogP contribution in [-0.2, 0) is 11.2 Å². The highest BCUT2D eigenvalue weighted by atomic mass is 16.5. The summed E-state index contributed by atoms with van der Waals surface area (Å²) in [6.45, 7) is 2.36. The second-order valence-electron chi connectivity index (χ2n) is 4.20. The Morgan fingerprint density at radius 2 is 2.30 bits per heavy atom. The van der Waals surface area contributed by atoms with Crippen LogP contribution in [0.25, 0.3) is 0 Å². The molecule has 0 aliphatic carbocycles. The van der Waals surface area contributed by atoms with Crippen LogP contribution < -0.4 is 11.1 Å². The molecular weight excluding hydrogens is 260 g/mol. The van der Waals surface area contributed by atoms with Crippen molar-refractivity contribution in [2.45, 2.75) is 13.3 Å². The first-order valence-electron chi connectivity index (χ1n) is 6.11. The second kappa shape index (κ2) is 6.05. The van der Waals surface area contributed by atoms with E-state index >= 15 is 0 Å². The third-order valence-corrected chi connectivity index (χ3v) is 2.71. The van der Waals surface area contributed by atoms with Crippen LogP contribution in [0.5, 0.6) is 0 Å². The van der Waals surface area contributed by atoms with Crippen LogP contribution in [0.4, 0.5) is 11.4 Å². The minimum absolute atomic E-state index is 0.341. The van der Waals surface area contributed by atoms with Crippen LogP contribution in [0, 0.1) is 6.92 Å². The fourth-order valence-electron chi connectivity index (χ4n) is 1.71. The molecule has 1 heterocycles. The average Bonchev–Trinajstić information content (AvgIpc) is 2.85. The number of nitrogens with one attached hydrogen (secondary N) is 1. The Morgan fingerprint density at radius 1 is 1.50 bits per heavy atom. The number of esters is 1. The first kappa shape index (κ1) is 13.9. The van der Waals surface area contributed by atoms with Gasteiger partial charge in [-0.2, -0.15) is 4.98 Å². The molecule has 0 bridgehead atoms. The zero-order valence-corrected chi connectivity index (χ0v) is 11.3. The van der Waals surface area contributed by atoms with E-state index in [1.165, 1.54) is 7.11 Å². The highest BCUT2D eigenvalue weighted by Gasteiger charge is 2.10. The van der Waals surface area contributed by atoms with Gasteiger partial charge in [0.05, 0.1) is 12.7 Å². The molecular formula is C13H16N4O3. The molecule has 7 heteroatoms. The Morgan fingerprint density at radius 3 is 2.95 bits per heavy atom. The molecule has 0 aliphatic heterocycles. The normalized spacial score (nSPS) is 10.3. The van der Waals surface area contributed by atoms with Crippen molar-refractivity contribution in [2.24, 2.45) is 0 Å². The first-order chi connectivity index (χ1) is 9.60. The Kier molecular flexibility index (Phi) is 4.19. The summed E-state index contributed by atoms with van der Waals surface area (Å²) in [5.74, 6) is 0.721. The van der Waals surface area contributed by atoms with E-state index in [1.807, 2.05) is 0 Å². The first-order valence-corrected chi connectivity index (χ1v) is 6.11. The lowest BCUT2D eigenvalue weighted by atomic mass is 10.1. The number of aryl methyl sites for hydroxylation is 1. The predicted molar refractivity (Wildman–Crippen MR) is 73.4 cm³/mol. The number of nitrogens with zero attached hydrogens (tertiary/aromatic N) is 2. The van der Waals surface area contributed by atoms with Crippen molar-refractivity contribution in [1.29, 1.82) is 0 Å². The third-order valence-electron chi connectivity index (χ3n) is 2.71. The van der Waals surface area contributed by atoms with Crippen molar-refractivity contribution in [3.63, 3.8) is 0 Å². The van der Waals surface area contributed by atoms with Crippen molar-refractivity contribution in [1.82, 2.24) is 10.1 Å². The van der Waals surface area contributed by atoms with Gasteiger partial charge in [-0.25, -0.2) is 4.79 Å². The SMILES string of the molecule is COC(=O)c1cc(NCCc2noc(C)n2)ccc1N. The number of anilines is 2. The van der Waals surface area contributed by atoms with Gasteiger partial charge in [-0.1, -0.05) is 5.16 Å². The average molecular weight is 276 g/mol. The lowest BCUT2D eigenvalue weighted by Gasteiger charge is -2.08. The standard InChI is InChI=1S/C13H16N4O3/c1-8-16-12(17-20-8)5-6-15-9-3-4-11(14)10(7-9)13(18)19-2/h3-4,7,15H,5-6,14H2,1-2H3. The Labute approximate surface area is 116 Å². The summed E-state index contributed by atoms with van der Waals surface area (Å²) in [5, 5.41) is 6.96. The van der Waals surface area contributed by atoms with E-state index in [2.05, 4.69) is 20.2 Å². The smallest absolute Gasteiger partial charge is 0.340 e. The van der Waals surface area contributed by atoms with Gasteiger partial charge in [0.15, 0.2) is 5.82 Å².